The number of rotatable bonds is 5. The first-order valence-corrected chi connectivity index (χ1v) is 11.8. The van der Waals surface area contributed by atoms with Crippen LogP contribution in [0.5, 0.6) is 0 Å². The van der Waals surface area contributed by atoms with Crippen molar-refractivity contribution in [3.05, 3.63) is 47.3 Å². The minimum Gasteiger partial charge on any atom is -0.372 e. The van der Waals surface area contributed by atoms with Gasteiger partial charge >= 0.3 is 6.18 Å². The van der Waals surface area contributed by atoms with Gasteiger partial charge < -0.3 is 9.47 Å². The number of methoxy groups -OCH3 is 1. The van der Waals surface area contributed by atoms with Crippen LogP contribution in [0.2, 0.25) is 0 Å². The van der Waals surface area contributed by atoms with Crippen LogP contribution < -0.4 is 0 Å². The highest BCUT2D eigenvalue weighted by Gasteiger charge is 2.46. The van der Waals surface area contributed by atoms with Crippen molar-refractivity contribution >= 4 is 9.84 Å². The molecule has 0 bridgehead atoms. The van der Waals surface area contributed by atoms with Gasteiger partial charge in [0.25, 0.3) is 0 Å². The van der Waals surface area contributed by atoms with Crippen molar-refractivity contribution in [1.82, 2.24) is 9.78 Å². The van der Waals surface area contributed by atoms with Crippen LogP contribution in [0.1, 0.15) is 63.6 Å². The van der Waals surface area contributed by atoms with E-state index in [1.165, 1.54) is 13.2 Å². The molecular weight excluding hydrogens is 445 g/mol. The molecule has 1 fully saturated rings. The van der Waals surface area contributed by atoms with E-state index >= 15 is 0 Å². The highest BCUT2D eigenvalue weighted by atomic mass is 32.2. The van der Waals surface area contributed by atoms with Gasteiger partial charge in [-0.2, -0.15) is 18.3 Å². The minimum atomic E-state index is -4.62. The molecule has 0 saturated carbocycles. The minimum absolute atomic E-state index is 0.0879. The lowest BCUT2D eigenvalue weighted by Crippen LogP contribution is -2.42. The van der Waals surface area contributed by atoms with Gasteiger partial charge in [0, 0.05) is 19.1 Å². The highest BCUT2D eigenvalue weighted by molar-refractivity contribution is 7.92. The zero-order valence-corrected chi connectivity index (χ0v) is 19.7. The average molecular weight is 475 g/mol. The van der Waals surface area contributed by atoms with Crippen LogP contribution in [-0.4, -0.2) is 36.7 Å². The summed E-state index contributed by atoms with van der Waals surface area (Å²) in [5.41, 5.74) is 0.261. The van der Waals surface area contributed by atoms with Crippen molar-refractivity contribution in [3.63, 3.8) is 0 Å². The van der Waals surface area contributed by atoms with Gasteiger partial charge in [-0.1, -0.05) is 26.8 Å². The zero-order valence-electron chi connectivity index (χ0n) is 18.9. The maximum atomic E-state index is 13.5. The number of sulfone groups is 1. The number of aromatic nitrogens is 2. The lowest BCUT2D eigenvalue weighted by molar-refractivity contribution is -0.137. The molecule has 1 aliphatic rings. The van der Waals surface area contributed by atoms with E-state index in [0.29, 0.717) is 11.8 Å². The number of hydrogen-bond donors (Lipinski definition) is 0. The maximum absolute atomic E-state index is 13.5. The van der Waals surface area contributed by atoms with Gasteiger partial charge in [-0.3, -0.25) is 0 Å². The van der Waals surface area contributed by atoms with Crippen molar-refractivity contribution in [1.29, 1.82) is 0 Å². The monoisotopic (exact) mass is 474 g/mol. The Kier molecular flexibility index (Phi) is 6.54. The van der Waals surface area contributed by atoms with Crippen LogP contribution in [0.4, 0.5) is 13.2 Å². The topological polar surface area (TPSA) is 70.4 Å². The molecule has 0 N–H and O–H groups in total. The predicted molar refractivity (Wildman–Crippen MR) is 113 cm³/mol. The fraction of sp³-hybridized carbons (Fsp3) is 0.591. The van der Waals surface area contributed by atoms with E-state index in [2.05, 4.69) is 5.10 Å². The first kappa shape index (κ1) is 24.7. The molecule has 32 heavy (non-hydrogen) atoms. The summed E-state index contributed by atoms with van der Waals surface area (Å²) in [7, 11) is -2.54. The number of hydrogen-bond acceptors (Lipinski definition) is 5. The molecule has 1 aromatic heterocycles. The lowest BCUT2D eigenvalue weighted by Gasteiger charge is -2.37. The summed E-state index contributed by atoms with van der Waals surface area (Å²) in [6, 6.07) is 5.79. The summed E-state index contributed by atoms with van der Waals surface area (Å²) in [5.74, 6) is 0. The van der Waals surface area contributed by atoms with Crippen molar-refractivity contribution in [2.24, 2.45) is 0 Å². The van der Waals surface area contributed by atoms with Crippen molar-refractivity contribution in [2.45, 2.75) is 74.6 Å². The molecule has 10 heteroatoms. The molecule has 0 radical (unpaired) electrons. The molecule has 1 saturated heterocycles. The Bertz CT molecular complexity index is 1070. The van der Waals surface area contributed by atoms with Crippen LogP contribution >= 0.6 is 0 Å². The second-order valence-corrected chi connectivity index (χ2v) is 11.9. The van der Waals surface area contributed by atoms with Crippen LogP contribution in [0, 0.1) is 0 Å². The van der Waals surface area contributed by atoms with Gasteiger partial charge in [0.2, 0.25) is 0 Å². The van der Waals surface area contributed by atoms with Gasteiger partial charge in [0.05, 0.1) is 26.6 Å². The van der Waals surface area contributed by atoms with Gasteiger partial charge in [0.1, 0.15) is 12.8 Å². The largest absolute Gasteiger partial charge is 0.416 e. The Hall–Kier alpha value is -1.91. The molecule has 1 aliphatic heterocycles. The smallest absolute Gasteiger partial charge is 0.372 e. The first-order valence-electron chi connectivity index (χ1n) is 10.3. The van der Waals surface area contributed by atoms with Gasteiger partial charge in [0.15, 0.2) is 9.84 Å². The Morgan fingerprint density at radius 2 is 1.94 bits per heavy atom. The lowest BCUT2D eigenvalue weighted by atomic mass is 9.90. The van der Waals surface area contributed by atoms with E-state index in [-0.39, 0.29) is 36.5 Å². The normalized spacial score (nSPS) is 22.8. The second-order valence-electron chi connectivity index (χ2n) is 9.41. The number of benzene rings is 1. The molecule has 3 rings (SSSR count). The molecular formula is C22H29F3N2O4S. The molecule has 2 atom stereocenters. The van der Waals surface area contributed by atoms with Crippen molar-refractivity contribution < 1.29 is 31.1 Å². The maximum Gasteiger partial charge on any atom is 0.416 e. The summed E-state index contributed by atoms with van der Waals surface area (Å²) < 4.78 is 77.9. The zero-order chi connectivity index (χ0) is 23.9. The van der Waals surface area contributed by atoms with Gasteiger partial charge in [-0.25, -0.2) is 13.1 Å². The van der Waals surface area contributed by atoms with E-state index in [1.807, 2.05) is 26.8 Å². The Morgan fingerprint density at radius 1 is 1.25 bits per heavy atom. The van der Waals surface area contributed by atoms with Crippen LogP contribution in [0.25, 0.3) is 0 Å². The quantitative estimate of drug-likeness (QED) is 0.617. The summed E-state index contributed by atoms with van der Waals surface area (Å²) >= 11 is 0. The third kappa shape index (κ3) is 4.72. The van der Waals surface area contributed by atoms with E-state index in [4.69, 9.17) is 9.47 Å². The number of halogens is 3. The standard InChI is InChI=1S/C22H29F3N2O4S/c1-20(2,3)19-12-17(27(26-19)14-30-5)18-13-21(4,9-10-31-18)32(28,29)16-8-6-7-15(11-16)22(23,24)25/h6-8,11-12,18H,9-10,13-14H2,1-5H3. The summed E-state index contributed by atoms with van der Waals surface area (Å²) in [4.78, 5) is -0.337. The molecule has 1 aromatic carbocycles. The Balaban J connectivity index is 1.98. The van der Waals surface area contributed by atoms with Crippen LogP contribution in [-0.2, 0) is 37.6 Å². The predicted octanol–water partition coefficient (Wildman–Crippen LogP) is 4.89. The molecule has 0 amide bonds. The van der Waals surface area contributed by atoms with E-state index in [9.17, 15) is 21.6 Å². The first-order chi connectivity index (χ1) is 14.7. The van der Waals surface area contributed by atoms with E-state index in [1.54, 1.807) is 11.6 Å². The Labute approximate surface area is 186 Å². The molecule has 0 spiro atoms. The Morgan fingerprint density at radius 3 is 2.53 bits per heavy atom. The molecule has 178 valence electrons. The average Bonchev–Trinajstić information content (AvgIpc) is 3.12. The van der Waals surface area contributed by atoms with E-state index < -0.39 is 32.4 Å². The molecule has 2 heterocycles. The summed E-state index contributed by atoms with van der Waals surface area (Å²) in [6.45, 7) is 7.94. The highest BCUT2D eigenvalue weighted by Crippen LogP contribution is 2.43. The van der Waals surface area contributed by atoms with E-state index in [0.717, 1.165) is 17.8 Å². The molecule has 2 unspecified atom stereocenters. The van der Waals surface area contributed by atoms with Crippen molar-refractivity contribution in [2.75, 3.05) is 13.7 Å². The third-order valence-electron chi connectivity index (χ3n) is 5.85. The molecule has 2 aromatic rings. The molecule has 6 nitrogen and oxygen atoms in total. The molecule has 0 aliphatic carbocycles. The number of alkyl halides is 3. The van der Waals surface area contributed by atoms with Crippen molar-refractivity contribution in [3.8, 4) is 0 Å². The number of nitrogens with zero attached hydrogens (tertiary/aromatic N) is 2. The summed E-state index contributed by atoms with van der Waals surface area (Å²) in [5, 5.41) is 4.59. The van der Waals surface area contributed by atoms with Gasteiger partial charge in [-0.05, 0) is 44.0 Å². The van der Waals surface area contributed by atoms with Crippen LogP contribution in [0.15, 0.2) is 35.2 Å². The second kappa shape index (κ2) is 8.46. The van der Waals surface area contributed by atoms with Crippen LogP contribution in [0.3, 0.4) is 0 Å². The fourth-order valence-electron chi connectivity index (χ4n) is 3.81. The SMILES string of the molecule is COCn1nc(C(C)(C)C)cc1C1CC(C)(S(=O)(=O)c2cccc(C(F)(F)F)c2)CCO1. The van der Waals surface area contributed by atoms with Gasteiger partial charge in [-0.15, -0.1) is 0 Å². The summed E-state index contributed by atoms with van der Waals surface area (Å²) in [6.07, 6.45) is -4.95. The number of ether oxygens (including phenoxy) is 2. The third-order valence-corrected chi connectivity index (χ3v) is 8.39. The fourth-order valence-corrected chi connectivity index (χ4v) is 5.64.